The van der Waals surface area contributed by atoms with Crippen molar-refractivity contribution in [2.75, 3.05) is 0 Å². The van der Waals surface area contributed by atoms with Crippen molar-refractivity contribution in [2.45, 2.75) is 6.42 Å². The molecule has 0 amide bonds. The van der Waals surface area contributed by atoms with Gasteiger partial charge in [-0.15, -0.1) is 0 Å². The van der Waals surface area contributed by atoms with Crippen molar-refractivity contribution in [3.05, 3.63) is 22.1 Å². The second-order valence-corrected chi connectivity index (χ2v) is 2.33. The second-order valence-electron chi connectivity index (χ2n) is 1.32. The maximum atomic E-state index is 2.16. The van der Waals surface area contributed by atoms with E-state index < -0.39 is 0 Å². The zero-order valence-electron chi connectivity index (χ0n) is 5.44. The Morgan fingerprint density at radius 2 is 2.67 bits per heavy atom. The van der Waals surface area contributed by atoms with Crippen molar-refractivity contribution in [3.63, 3.8) is 0 Å². The van der Waals surface area contributed by atoms with Gasteiger partial charge in [-0.1, -0.05) is 0 Å². The molecule has 0 spiro atoms. The van der Waals surface area contributed by atoms with E-state index in [1.165, 1.54) is 10.3 Å². The predicted molar refractivity (Wildman–Crippen MR) is 24.1 cm³/mol. The van der Waals surface area contributed by atoms with Crippen LogP contribution in [0, 0.1) is 0 Å². The number of rotatable bonds is 0. The summed E-state index contributed by atoms with van der Waals surface area (Å²) in [4.78, 5) is 0. The Labute approximate surface area is 52.3 Å². The molecule has 1 aliphatic carbocycles. The van der Waals surface area contributed by atoms with Gasteiger partial charge in [-0.3, -0.25) is 0 Å². The van der Waals surface area contributed by atoms with Gasteiger partial charge in [0, 0.05) is 0 Å². The summed E-state index contributed by atoms with van der Waals surface area (Å²) in [7, 11) is 0. The quantitative estimate of drug-likeness (QED) is 0.420. The van der Waals surface area contributed by atoms with E-state index in [-0.39, 0.29) is 2.85 Å². The van der Waals surface area contributed by atoms with E-state index in [0.717, 1.165) is 0 Å². The number of hydrogen-bond acceptors (Lipinski definition) is 0. The first kappa shape index (κ1) is 4.36. The van der Waals surface area contributed by atoms with Gasteiger partial charge in [-0.25, -0.2) is 0 Å². The molecule has 0 heterocycles. The first-order valence-corrected chi connectivity index (χ1v) is 2.75. The number of hydrogen-bond donors (Lipinski definition) is 0. The Hall–Kier alpha value is 0.194. The van der Waals surface area contributed by atoms with Crippen LogP contribution in [0.15, 0.2) is 22.1 Å². The fraction of sp³-hybridized carbons (Fsp3) is 0.200. The summed E-state index contributed by atoms with van der Waals surface area (Å²) < 4.78 is 1.47. The van der Waals surface area contributed by atoms with Gasteiger partial charge in [0.2, 0.25) is 0 Å². The molecule has 0 bridgehead atoms. The SMILES string of the molecule is [H-].[H-].[Ti][C]1=CC=CC1. The summed E-state index contributed by atoms with van der Waals surface area (Å²) in [5.74, 6) is 0. The summed E-state index contributed by atoms with van der Waals surface area (Å²) in [6, 6.07) is 0. The fourth-order valence-corrected chi connectivity index (χ4v) is 0.782. The molecule has 0 radical (unpaired) electrons. The Balaban J connectivity index is 0. The molecule has 1 heteroatoms. The van der Waals surface area contributed by atoms with Crippen molar-refractivity contribution in [1.29, 1.82) is 0 Å². The summed E-state index contributed by atoms with van der Waals surface area (Å²) in [5, 5.41) is 0. The minimum atomic E-state index is 0. The molecule has 0 saturated heterocycles. The summed E-state index contributed by atoms with van der Waals surface area (Å²) >= 11 is 2.14. The molecular formula is C5H7Ti-2. The molecule has 0 fully saturated rings. The number of allylic oxidation sites excluding steroid dienone is 4. The van der Waals surface area contributed by atoms with Crippen LogP contribution in [0.3, 0.4) is 0 Å². The molecule has 0 N–H and O–H groups in total. The van der Waals surface area contributed by atoms with Crippen molar-refractivity contribution in [3.8, 4) is 0 Å². The average Bonchev–Trinajstić information content (AvgIpc) is 1.86. The first-order valence-electron chi connectivity index (χ1n) is 1.97. The van der Waals surface area contributed by atoms with Crippen LogP contribution < -0.4 is 0 Å². The van der Waals surface area contributed by atoms with Crippen molar-refractivity contribution < 1.29 is 23.3 Å². The van der Waals surface area contributed by atoms with Gasteiger partial charge in [-0.2, -0.15) is 0 Å². The normalized spacial score (nSPS) is 18.2. The van der Waals surface area contributed by atoms with Crippen LogP contribution in [0.1, 0.15) is 9.27 Å². The molecule has 0 atom stereocenters. The Bertz CT molecular complexity index is 107. The van der Waals surface area contributed by atoms with Gasteiger partial charge in [-0.05, 0) is 0 Å². The van der Waals surface area contributed by atoms with Crippen molar-refractivity contribution >= 4 is 0 Å². The molecule has 33 valence electrons. The second kappa shape index (κ2) is 1.77. The van der Waals surface area contributed by atoms with Gasteiger partial charge in [0.25, 0.3) is 0 Å². The molecule has 6 heavy (non-hydrogen) atoms. The van der Waals surface area contributed by atoms with Crippen molar-refractivity contribution in [2.24, 2.45) is 0 Å². The average molecular weight is 115 g/mol. The van der Waals surface area contributed by atoms with Gasteiger partial charge >= 0.3 is 49.0 Å². The van der Waals surface area contributed by atoms with E-state index in [4.69, 9.17) is 0 Å². The molecule has 0 aromatic rings. The maximum absolute atomic E-state index is 2.16. The van der Waals surface area contributed by atoms with E-state index in [1.807, 2.05) is 0 Å². The van der Waals surface area contributed by atoms with Crippen LogP contribution in [0.4, 0.5) is 0 Å². The Morgan fingerprint density at radius 1 is 1.83 bits per heavy atom. The molecule has 1 aliphatic rings. The minimum absolute atomic E-state index is 0. The molecule has 0 saturated carbocycles. The van der Waals surface area contributed by atoms with Crippen LogP contribution in [0.5, 0.6) is 0 Å². The standard InChI is InChI=1S/C5H5.Ti.2H/c1-2-4-5-3-1;;;/h1-3H,4H2;;;/q;;2*-1. The summed E-state index contributed by atoms with van der Waals surface area (Å²) in [6.45, 7) is 0. The van der Waals surface area contributed by atoms with Crippen LogP contribution in [0.25, 0.3) is 0 Å². The van der Waals surface area contributed by atoms with E-state index in [1.54, 1.807) is 0 Å². The van der Waals surface area contributed by atoms with Crippen molar-refractivity contribution in [1.82, 2.24) is 0 Å². The zero-order valence-corrected chi connectivity index (χ0v) is 5.00. The molecule has 1 rings (SSSR count). The Morgan fingerprint density at radius 3 is 2.83 bits per heavy atom. The van der Waals surface area contributed by atoms with E-state index in [9.17, 15) is 0 Å². The Kier molecular flexibility index (Phi) is 1.28. The monoisotopic (exact) mass is 115 g/mol. The van der Waals surface area contributed by atoms with Crippen LogP contribution in [-0.2, 0) is 20.4 Å². The molecule has 0 aliphatic heterocycles. The summed E-state index contributed by atoms with van der Waals surface area (Å²) in [6.07, 6.45) is 7.56. The van der Waals surface area contributed by atoms with Gasteiger partial charge in [0.05, 0.1) is 0 Å². The fourth-order valence-electron chi connectivity index (χ4n) is 0.447. The van der Waals surface area contributed by atoms with Gasteiger partial charge in [0.1, 0.15) is 0 Å². The molecule has 0 nitrogen and oxygen atoms in total. The topological polar surface area (TPSA) is 0 Å². The molecule has 0 aromatic carbocycles. The van der Waals surface area contributed by atoms with Gasteiger partial charge in [0.15, 0.2) is 0 Å². The van der Waals surface area contributed by atoms with Crippen LogP contribution in [-0.4, -0.2) is 0 Å². The van der Waals surface area contributed by atoms with E-state index in [0.29, 0.717) is 0 Å². The van der Waals surface area contributed by atoms with E-state index in [2.05, 4.69) is 38.7 Å². The molecule has 0 unspecified atom stereocenters. The third-order valence-corrected chi connectivity index (χ3v) is 1.35. The van der Waals surface area contributed by atoms with Gasteiger partial charge < -0.3 is 2.85 Å². The zero-order chi connectivity index (χ0) is 4.41. The van der Waals surface area contributed by atoms with Crippen LogP contribution in [0.2, 0.25) is 0 Å². The third-order valence-electron chi connectivity index (χ3n) is 0.771. The molecule has 0 aromatic heterocycles. The predicted octanol–water partition coefficient (Wildman–Crippen LogP) is 1.60. The first-order chi connectivity index (χ1) is 2.89. The van der Waals surface area contributed by atoms with Crippen LogP contribution >= 0.6 is 0 Å². The molecular weight excluding hydrogens is 108 g/mol. The summed E-state index contributed by atoms with van der Waals surface area (Å²) in [5.41, 5.74) is 0. The van der Waals surface area contributed by atoms with E-state index >= 15 is 0 Å². The third kappa shape index (κ3) is 0.827.